The molecule has 0 unspecified atom stereocenters. The summed E-state index contributed by atoms with van der Waals surface area (Å²) >= 11 is 0. The topological polar surface area (TPSA) is 73.2 Å². The number of benzene rings is 2. The van der Waals surface area contributed by atoms with Crippen molar-refractivity contribution in [3.8, 4) is 5.75 Å². The summed E-state index contributed by atoms with van der Waals surface area (Å²) in [6, 6.07) is 14.4. The molecule has 0 radical (unpaired) electrons. The second-order valence-corrected chi connectivity index (χ2v) is 6.03. The van der Waals surface area contributed by atoms with Crippen LogP contribution in [0.15, 0.2) is 53.3 Å². The van der Waals surface area contributed by atoms with Crippen molar-refractivity contribution in [3.63, 3.8) is 0 Å². The molecule has 0 aliphatic rings. The van der Waals surface area contributed by atoms with Gasteiger partial charge >= 0.3 is 0 Å². The molecule has 1 aromatic heterocycles. The molecule has 3 rings (SSSR count). The van der Waals surface area contributed by atoms with Crippen molar-refractivity contribution < 1.29 is 9.53 Å². The molecule has 134 valence electrons. The lowest BCUT2D eigenvalue weighted by Gasteiger charge is -2.18. The van der Waals surface area contributed by atoms with E-state index in [9.17, 15) is 9.59 Å². The molecule has 0 aliphatic heterocycles. The fourth-order valence-corrected chi connectivity index (χ4v) is 2.95. The summed E-state index contributed by atoms with van der Waals surface area (Å²) in [5.74, 6) is 0.458. The first-order valence-electron chi connectivity index (χ1n) is 8.46. The standard InChI is InChI=1S/C20H21N3O3/c1-4-17(13-9-11-14(26-3)12-10-13)21-19(24)18-15-7-5-6-8-16(15)20(25)23(2)22-18/h5-12,17H,4H2,1-3H3,(H,21,24)/t17-/m0/s1. The minimum absolute atomic E-state index is 0.161. The molecule has 2 aromatic carbocycles. The van der Waals surface area contributed by atoms with Crippen molar-refractivity contribution in [2.24, 2.45) is 7.05 Å². The first-order chi connectivity index (χ1) is 12.5. The Morgan fingerprint density at radius 2 is 1.81 bits per heavy atom. The Balaban J connectivity index is 1.95. The van der Waals surface area contributed by atoms with Crippen molar-refractivity contribution >= 4 is 16.7 Å². The van der Waals surface area contributed by atoms with E-state index in [1.54, 1.807) is 38.4 Å². The second kappa shape index (κ2) is 7.39. The van der Waals surface area contributed by atoms with Crippen LogP contribution in [-0.4, -0.2) is 22.8 Å². The van der Waals surface area contributed by atoms with E-state index in [-0.39, 0.29) is 23.2 Å². The third-order valence-electron chi connectivity index (χ3n) is 4.40. The average Bonchev–Trinajstić information content (AvgIpc) is 2.68. The number of fused-ring (bicyclic) bond motifs is 1. The van der Waals surface area contributed by atoms with Crippen molar-refractivity contribution in [2.75, 3.05) is 7.11 Å². The highest BCUT2D eigenvalue weighted by atomic mass is 16.5. The number of hydrogen-bond acceptors (Lipinski definition) is 4. The first kappa shape index (κ1) is 17.7. The summed E-state index contributed by atoms with van der Waals surface area (Å²) in [6.45, 7) is 2.00. The van der Waals surface area contributed by atoms with E-state index in [1.165, 1.54) is 4.68 Å². The number of nitrogens with one attached hydrogen (secondary N) is 1. The van der Waals surface area contributed by atoms with Gasteiger partial charge < -0.3 is 10.1 Å². The molecule has 1 heterocycles. The molecule has 0 bridgehead atoms. The Morgan fingerprint density at radius 1 is 1.15 bits per heavy atom. The Bertz CT molecular complexity index is 993. The largest absolute Gasteiger partial charge is 0.497 e. The van der Waals surface area contributed by atoms with Crippen LogP contribution in [0.3, 0.4) is 0 Å². The molecular formula is C20H21N3O3. The van der Waals surface area contributed by atoms with Crippen LogP contribution in [0, 0.1) is 0 Å². The number of aryl methyl sites for hydroxylation is 1. The number of rotatable bonds is 5. The van der Waals surface area contributed by atoms with Gasteiger partial charge in [0.2, 0.25) is 0 Å². The van der Waals surface area contributed by atoms with Crippen molar-refractivity contribution in [2.45, 2.75) is 19.4 Å². The Kier molecular flexibility index (Phi) is 5.02. The predicted octanol–water partition coefficient (Wildman–Crippen LogP) is 2.82. The Labute approximate surface area is 151 Å². The highest BCUT2D eigenvalue weighted by Crippen LogP contribution is 2.21. The van der Waals surface area contributed by atoms with Crippen molar-refractivity contribution in [3.05, 3.63) is 70.1 Å². The van der Waals surface area contributed by atoms with E-state index in [1.807, 2.05) is 31.2 Å². The minimum atomic E-state index is -0.306. The third kappa shape index (κ3) is 3.31. The maximum Gasteiger partial charge on any atom is 0.274 e. The maximum absolute atomic E-state index is 12.9. The normalized spacial score (nSPS) is 12.0. The predicted molar refractivity (Wildman–Crippen MR) is 100 cm³/mol. The Morgan fingerprint density at radius 3 is 2.42 bits per heavy atom. The van der Waals surface area contributed by atoms with Gasteiger partial charge in [-0.05, 0) is 30.2 Å². The van der Waals surface area contributed by atoms with E-state index in [4.69, 9.17) is 4.74 Å². The third-order valence-corrected chi connectivity index (χ3v) is 4.40. The number of hydrogen-bond donors (Lipinski definition) is 1. The van der Waals surface area contributed by atoms with Gasteiger partial charge in [0.1, 0.15) is 5.75 Å². The van der Waals surface area contributed by atoms with Crippen LogP contribution in [0.4, 0.5) is 0 Å². The number of methoxy groups -OCH3 is 1. The zero-order valence-electron chi connectivity index (χ0n) is 15.0. The molecule has 0 saturated carbocycles. The van der Waals surface area contributed by atoms with E-state index in [0.717, 1.165) is 17.7 Å². The van der Waals surface area contributed by atoms with Crippen LogP contribution in [0.25, 0.3) is 10.8 Å². The minimum Gasteiger partial charge on any atom is -0.497 e. The van der Waals surface area contributed by atoms with Gasteiger partial charge in [-0.25, -0.2) is 4.68 Å². The van der Waals surface area contributed by atoms with Gasteiger partial charge in [0.05, 0.1) is 18.5 Å². The van der Waals surface area contributed by atoms with Gasteiger partial charge in [-0.3, -0.25) is 9.59 Å². The van der Waals surface area contributed by atoms with Gasteiger partial charge in [-0.1, -0.05) is 37.3 Å². The van der Waals surface area contributed by atoms with Gasteiger partial charge in [-0.15, -0.1) is 0 Å². The lowest BCUT2D eigenvalue weighted by atomic mass is 10.0. The molecule has 1 N–H and O–H groups in total. The van der Waals surface area contributed by atoms with Crippen LogP contribution < -0.4 is 15.6 Å². The molecule has 6 nitrogen and oxygen atoms in total. The molecule has 0 spiro atoms. The van der Waals surface area contributed by atoms with Crippen LogP contribution in [0.5, 0.6) is 5.75 Å². The van der Waals surface area contributed by atoms with Gasteiger partial charge in [0.15, 0.2) is 5.69 Å². The average molecular weight is 351 g/mol. The number of carbonyl (C=O) groups is 1. The van der Waals surface area contributed by atoms with E-state index < -0.39 is 0 Å². The zero-order chi connectivity index (χ0) is 18.7. The molecule has 26 heavy (non-hydrogen) atoms. The van der Waals surface area contributed by atoms with Crippen LogP contribution in [0.2, 0.25) is 0 Å². The molecular weight excluding hydrogens is 330 g/mol. The van der Waals surface area contributed by atoms with E-state index in [2.05, 4.69) is 10.4 Å². The molecule has 3 aromatic rings. The van der Waals surface area contributed by atoms with E-state index in [0.29, 0.717) is 10.8 Å². The smallest absolute Gasteiger partial charge is 0.274 e. The lowest BCUT2D eigenvalue weighted by Crippen LogP contribution is -2.32. The summed E-state index contributed by atoms with van der Waals surface area (Å²) in [5.41, 5.74) is 1.00. The Hall–Kier alpha value is -3.15. The molecule has 6 heteroatoms. The fourth-order valence-electron chi connectivity index (χ4n) is 2.95. The van der Waals surface area contributed by atoms with Crippen LogP contribution >= 0.6 is 0 Å². The second-order valence-electron chi connectivity index (χ2n) is 6.03. The monoisotopic (exact) mass is 351 g/mol. The lowest BCUT2D eigenvalue weighted by molar-refractivity contribution is 0.0930. The zero-order valence-corrected chi connectivity index (χ0v) is 15.0. The summed E-state index contributed by atoms with van der Waals surface area (Å²) < 4.78 is 6.38. The fraction of sp³-hybridized carbons (Fsp3) is 0.250. The molecule has 1 atom stereocenters. The number of carbonyl (C=O) groups excluding carboxylic acids is 1. The summed E-state index contributed by atoms with van der Waals surface area (Å²) in [5, 5.41) is 8.23. The number of ether oxygens (including phenoxy) is 1. The van der Waals surface area contributed by atoms with E-state index >= 15 is 0 Å². The summed E-state index contributed by atoms with van der Waals surface area (Å²) in [7, 11) is 3.16. The highest BCUT2D eigenvalue weighted by Gasteiger charge is 2.19. The van der Waals surface area contributed by atoms with Gasteiger partial charge in [0.25, 0.3) is 11.5 Å². The molecule has 0 saturated heterocycles. The van der Waals surface area contributed by atoms with Crippen molar-refractivity contribution in [1.82, 2.24) is 15.1 Å². The molecule has 1 amide bonds. The number of nitrogens with zero attached hydrogens (tertiary/aromatic N) is 2. The highest BCUT2D eigenvalue weighted by molar-refractivity contribution is 6.04. The SMILES string of the molecule is CC[C@H](NC(=O)c1nn(C)c(=O)c2ccccc12)c1ccc(OC)cc1. The number of amides is 1. The number of aromatic nitrogens is 2. The summed E-state index contributed by atoms with van der Waals surface area (Å²) in [4.78, 5) is 25.1. The maximum atomic E-state index is 12.9. The molecule has 0 fully saturated rings. The summed E-state index contributed by atoms with van der Waals surface area (Å²) in [6.07, 6.45) is 0.724. The van der Waals surface area contributed by atoms with Crippen LogP contribution in [0.1, 0.15) is 35.4 Å². The van der Waals surface area contributed by atoms with Gasteiger partial charge in [-0.2, -0.15) is 5.10 Å². The first-order valence-corrected chi connectivity index (χ1v) is 8.46. The van der Waals surface area contributed by atoms with Gasteiger partial charge in [0, 0.05) is 12.4 Å². The van der Waals surface area contributed by atoms with Crippen LogP contribution in [-0.2, 0) is 7.05 Å². The quantitative estimate of drug-likeness (QED) is 0.767. The molecule has 0 aliphatic carbocycles. The van der Waals surface area contributed by atoms with Crippen molar-refractivity contribution in [1.29, 1.82) is 0 Å².